The van der Waals surface area contributed by atoms with E-state index < -0.39 is 0 Å². The zero-order valence-electron chi connectivity index (χ0n) is 13.8. The molecule has 1 aromatic rings. The van der Waals surface area contributed by atoms with Gasteiger partial charge in [0.15, 0.2) is 17.5 Å². The Hall–Kier alpha value is -2.44. The Bertz CT molecular complexity index is 572. The summed E-state index contributed by atoms with van der Waals surface area (Å²) in [7, 11) is 1.71. The monoisotopic (exact) mass is 320 g/mol. The minimum Gasteiger partial charge on any atom is -0.454 e. The quantitative estimate of drug-likeness (QED) is 0.411. The number of aliphatic imine (C=N–C) groups is 1. The fourth-order valence-corrected chi connectivity index (χ4v) is 2.03. The van der Waals surface area contributed by atoms with Crippen molar-refractivity contribution in [3.05, 3.63) is 23.8 Å². The number of ether oxygens (including phenoxy) is 2. The molecule has 0 atom stereocenters. The Kier molecular flexibility index (Phi) is 6.08. The molecule has 0 saturated heterocycles. The molecule has 0 aromatic heterocycles. The van der Waals surface area contributed by atoms with Crippen LogP contribution in [0.15, 0.2) is 23.2 Å². The van der Waals surface area contributed by atoms with Gasteiger partial charge in [0, 0.05) is 32.6 Å². The zero-order chi connectivity index (χ0) is 16.7. The number of nitrogens with one attached hydrogen (secondary N) is 3. The molecular weight excluding hydrogens is 296 g/mol. The summed E-state index contributed by atoms with van der Waals surface area (Å²) in [5.41, 5.74) is 1.07. The second kappa shape index (κ2) is 8.26. The lowest BCUT2D eigenvalue weighted by Gasteiger charge is -2.13. The van der Waals surface area contributed by atoms with Crippen LogP contribution in [-0.4, -0.2) is 38.8 Å². The summed E-state index contributed by atoms with van der Waals surface area (Å²) in [6.45, 7) is 5.80. The summed E-state index contributed by atoms with van der Waals surface area (Å²) in [6, 6.07) is 5.83. The summed E-state index contributed by atoms with van der Waals surface area (Å²) >= 11 is 0. The zero-order valence-corrected chi connectivity index (χ0v) is 13.8. The largest absolute Gasteiger partial charge is 0.454 e. The van der Waals surface area contributed by atoms with Crippen LogP contribution in [0.1, 0.15) is 19.4 Å². The molecule has 0 saturated carbocycles. The second-order valence-corrected chi connectivity index (χ2v) is 5.49. The fourth-order valence-electron chi connectivity index (χ4n) is 2.03. The Morgan fingerprint density at radius 2 is 1.91 bits per heavy atom. The number of nitrogens with zero attached hydrogens (tertiary/aromatic N) is 1. The van der Waals surface area contributed by atoms with Gasteiger partial charge in [-0.3, -0.25) is 9.79 Å². The van der Waals surface area contributed by atoms with Gasteiger partial charge in [-0.15, -0.1) is 0 Å². The van der Waals surface area contributed by atoms with Crippen molar-refractivity contribution in [2.45, 2.75) is 20.4 Å². The third kappa shape index (κ3) is 5.05. The van der Waals surface area contributed by atoms with Gasteiger partial charge >= 0.3 is 0 Å². The van der Waals surface area contributed by atoms with E-state index in [1.807, 2.05) is 32.0 Å². The maximum Gasteiger partial charge on any atom is 0.231 e. The first-order valence-electron chi connectivity index (χ1n) is 7.71. The maximum atomic E-state index is 11.5. The molecule has 0 fully saturated rings. The number of fused-ring (bicyclic) bond motifs is 1. The van der Waals surface area contributed by atoms with Crippen LogP contribution in [-0.2, 0) is 11.3 Å². The van der Waals surface area contributed by atoms with Gasteiger partial charge in [-0.1, -0.05) is 19.9 Å². The van der Waals surface area contributed by atoms with Crippen LogP contribution in [0.4, 0.5) is 0 Å². The molecule has 7 nitrogen and oxygen atoms in total. The van der Waals surface area contributed by atoms with Crippen molar-refractivity contribution in [2.75, 3.05) is 26.9 Å². The van der Waals surface area contributed by atoms with Gasteiger partial charge < -0.3 is 25.4 Å². The fraction of sp³-hybridized carbons (Fsp3) is 0.500. The Morgan fingerprint density at radius 3 is 2.65 bits per heavy atom. The van der Waals surface area contributed by atoms with Crippen molar-refractivity contribution in [3.8, 4) is 11.5 Å². The highest BCUT2D eigenvalue weighted by Crippen LogP contribution is 2.32. The van der Waals surface area contributed by atoms with E-state index in [1.54, 1.807) is 7.05 Å². The molecule has 1 aromatic carbocycles. The summed E-state index contributed by atoms with van der Waals surface area (Å²) < 4.78 is 10.6. The Labute approximate surface area is 136 Å². The molecular formula is C16H24N4O3. The van der Waals surface area contributed by atoms with E-state index in [1.165, 1.54) is 0 Å². The van der Waals surface area contributed by atoms with Crippen LogP contribution in [0.2, 0.25) is 0 Å². The van der Waals surface area contributed by atoms with E-state index in [0.29, 0.717) is 25.6 Å². The second-order valence-electron chi connectivity index (χ2n) is 5.49. The molecule has 1 amide bonds. The lowest BCUT2D eigenvalue weighted by molar-refractivity contribution is -0.123. The standard InChI is InChI=1S/C16H24N4O3/c1-11(2)15(21)18-6-7-19-16(17-3)20-9-12-4-5-13-14(8-12)23-10-22-13/h4-5,8,11H,6-7,9-10H2,1-3H3,(H,18,21)(H2,17,19,20). The van der Waals surface area contributed by atoms with Crippen LogP contribution in [0.5, 0.6) is 11.5 Å². The number of guanidine groups is 1. The van der Waals surface area contributed by atoms with E-state index in [0.717, 1.165) is 17.1 Å². The molecule has 1 aliphatic rings. The number of hydrogen-bond acceptors (Lipinski definition) is 4. The van der Waals surface area contributed by atoms with Gasteiger partial charge in [-0.05, 0) is 17.7 Å². The first-order valence-corrected chi connectivity index (χ1v) is 7.71. The SMILES string of the molecule is CN=C(NCCNC(=O)C(C)C)NCc1ccc2c(c1)OCO2. The van der Waals surface area contributed by atoms with Crippen molar-refractivity contribution in [1.29, 1.82) is 0 Å². The lowest BCUT2D eigenvalue weighted by atomic mass is 10.2. The normalized spacial score (nSPS) is 13.1. The minimum atomic E-state index is -0.00144. The molecule has 126 valence electrons. The van der Waals surface area contributed by atoms with Gasteiger partial charge in [-0.25, -0.2) is 0 Å². The van der Waals surface area contributed by atoms with Crippen molar-refractivity contribution in [2.24, 2.45) is 10.9 Å². The van der Waals surface area contributed by atoms with E-state index in [4.69, 9.17) is 9.47 Å². The number of amides is 1. The van der Waals surface area contributed by atoms with Crippen molar-refractivity contribution < 1.29 is 14.3 Å². The molecule has 0 bridgehead atoms. The van der Waals surface area contributed by atoms with E-state index in [2.05, 4.69) is 20.9 Å². The summed E-state index contributed by atoms with van der Waals surface area (Å²) in [6.07, 6.45) is 0. The molecule has 3 N–H and O–H groups in total. The molecule has 1 heterocycles. The Morgan fingerprint density at radius 1 is 1.17 bits per heavy atom. The van der Waals surface area contributed by atoms with E-state index in [9.17, 15) is 4.79 Å². The molecule has 1 aliphatic heterocycles. The highest BCUT2D eigenvalue weighted by atomic mass is 16.7. The van der Waals surface area contributed by atoms with Crippen molar-refractivity contribution in [1.82, 2.24) is 16.0 Å². The van der Waals surface area contributed by atoms with Crippen LogP contribution < -0.4 is 25.4 Å². The topological polar surface area (TPSA) is 84.0 Å². The predicted molar refractivity (Wildman–Crippen MR) is 88.6 cm³/mol. The number of carbonyl (C=O) groups excluding carboxylic acids is 1. The first-order chi connectivity index (χ1) is 11.1. The van der Waals surface area contributed by atoms with Crippen LogP contribution in [0, 0.1) is 5.92 Å². The number of benzene rings is 1. The minimum absolute atomic E-state index is 0.00144. The van der Waals surface area contributed by atoms with Gasteiger partial charge in [0.25, 0.3) is 0 Å². The van der Waals surface area contributed by atoms with Gasteiger partial charge in [-0.2, -0.15) is 0 Å². The van der Waals surface area contributed by atoms with Gasteiger partial charge in [0.05, 0.1) is 0 Å². The third-order valence-corrected chi connectivity index (χ3v) is 3.36. The molecule has 23 heavy (non-hydrogen) atoms. The maximum absolute atomic E-state index is 11.5. The average molecular weight is 320 g/mol. The molecule has 0 aliphatic carbocycles. The van der Waals surface area contributed by atoms with Gasteiger partial charge in [0.2, 0.25) is 12.7 Å². The third-order valence-electron chi connectivity index (χ3n) is 3.36. The highest BCUT2D eigenvalue weighted by Gasteiger charge is 2.13. The summed E-state index contributed by atoms with van der Waals surface area (Å²) in [5.74, 6) is 2.27. The average Bonchev–Trinajstić information content (AvgIpc) is 3.01. The van der Waals surface area contributed by atoms with Crippen molar-refractivity contribution >= 4 is 11.9 Å². The number of rotatable bonds is 6. The number of hydrogen-bond donors (Lipinski definition) is 3. The smallest absolute Gasteiger partial charge is 0.231 e. The highest BCUT2D eigenvalue weighted by molar-refractivity contribution is 5.80. The molecule has 0 radical (unpaired) electrons. The van der Waals surface area contributed by atoms with E-state index in [-0.39, 0.29) is 18.6 Å². The summed E-state index contributed by atoms with van der Waals surface area (Å²) in [4.78, 5) is 15.6. The predicted octanol–water partition coefficient (Wildman–Crippen LogP) is 0.852. The van der Waals surface area contributed by atoms with Crippen LogP contribution in [0.3, 0.4) is 0 Å². The molecule has 7 heteroatoms. The van der Waals surface area contributed by atoms with Crippen LogP contribution in [0.25, 0.3) is 0 Å². The Balaban J connectivity index is 1.72. The van der Waals surface area contributed by atoms with Crippen LogP contribution >= 0.6 is 0 Å². The lowest BCUT2D eigenvalue weighted by Crippen LogP contribution is -2.41. The van der Waals surface area contributed by atoms with Gasteiger partial charge in [0.1, 0.15) is 0 Å². The van der Waals surface area contributed by atoms with Crippen molar-refractivity contribution in [3.63, 3.8) is 0 Å². The summed E-state index contributed by atoms with van der Waals surface area (Å²) in [5, 5.41) is 9.22. The van der Waals surface area contributed by atoms with E-state index >= 15 is 0 Å². The number of carbonyl (C=O) groups is 1. The molecule has 2 rings (SSSR count). The molecule has 0 unspecified atom stereocenters. The molecule has 0 spiro atoms. The first kappa shape index (κ1) is 16.9.